The molecule has 1 aliphatic carbocycles. The molecule has 114 valence electrons. The number of ketones is 1. The van der Waals surface area contributed by atoms with Crippen LogP contribution < -0.4 is 4.90 Å². The Hall–Kier alpha value is -1.31. The van der Waals surface area contributed by atoms with Gasteiger partial charge in [-0.05, 0) is 50.2 Å². The summed E-state index contributed by atoms with van der Waals surface area (Å²) in [5, 5.41) is 0. The number of carbonyl (C=O) groups excluding carboxylic acids is 1. The monoisotopic (exact) mass is 285 g/mol. The van der Waals surface area contributed by atoms with Crippen molar-refractivity contribution in [1.29, 1.82) is 0 Å². The number of para-hydroxylation sites is 1. The Labute approximate surface area is 128 Å². The molecule has 0 N–H and O–H groups in total. The maximum absolute atomic E-state index is 12.3. The molecule has 0 saturated heterocycles. The summed E-state index contributed by atoms with van der Waals surface area (Å²) in [7, 11) is 0. The zero-order chi connectivity index (χ0) is 14.8. The van der Waals surface area contributed by atoms with Crippen LogP contribution in [0.3, 0.4) is 0 Å². The van der Waals surface area contributed by atoms with Gasteiger partial charge in [0.05, 0.1) is 0 Å². The molecule has 2 heteroatoms. The van der Waals surface area contributed by atoms with E-state index in [0.717, 1.165) is 31.7 Å². The molecule has 3 rings (SSSR count). The van der Waals surface area contributed by atoms with E-state index in [9.17, 15) is 4.79 Å². The molecule has 0 amide bonds. The fourth-order valence-electron chi connectivity index (χ4n) is 4.03. The molecule has 1 heterocycles. The number of hydrogen-bond donors (Lipinski definition) is 0. The Morgan fingerprint density at radius 3 is 2.81 bits per heavy atom. The highest BCUT2D eigenvalue weighted by Crippen LogP contribution is 2.34. The zero-order valence-electron chi connectivity index (χ0n) is 13.3. The highest BCUT2D eigenvalue weighted by Gasteiger charge is 2.32. The molecule has 0 aromatic heterocycles. The van der Waals surface area contributed by atoms with Gasteiger partial charge in [-0.3, -0.25) is 4.79 Å². The molecule has 3 atom stereocenters. The molecule has 1 aromatic rings. The molecule has 0 radical (unpaired) electrons. The molecule has 2 aliphatic rings. The molecule has 2 nitrogen and oxygen atoms in total. The SMILES string of the molecule is CCC1CCC(=O)C(CN2c3ccccc3CCC2C)C1. The molecule has 1 aliphatic heterocycles. The van der Waals surface area contributed by atoms with Crippen molar-refractivity contribution >= 4 is 11.5 Å². The van der Waals surface area contributed by atoms with Crippen molar-refractivity contribution in [3.05, 3.63) is 29.8 Å². The van der Waals surface area contributed by atoms with E-state index in [2.05, 4.69) is 43.0 Å². The zero-order valence-corrected chi connectivity index (χ0v) is 13.3. The first-order valence-electron chi connectivity index (χ1n) is 8.56. The van der Waals surface area contributed by atoms with E-state index in [4.69, 9.17) is 0 Å². The summed E-state index contributed by atoms with van der Waals surface area (Å²) in [6, 6.07) is 9.28. The minimum atomic E-state index is 0.248. The van der Waals surface area contributed by atoms with E-state index in [1.165, 1.54) is 30.5 Å². The maximum atomic E-state index is 12.3. The van der Waals surface area contributed by atoms with Crippen LogP contribution in [0, 0.1) is 11.8 Å². The van der Waals surface area contributed by atoms with Gasteiger partial charge in [-0.15, -0.1) is 0 Å². The van der Waals surface area contributed by atoms with Gasteiger partial charge in [-0.1, -0.05) is 31.5 Å². The highest BCUT2D eigenvalue weighted by molar-refractivity contribution is 5.82. The first-order chi connectivity index (χ1) is 10.2. The van der Waals surface area contributed by atoms with Crippen LogP contribution >= 0.6 is 0 Å². The van der Waals surface area contributed by atoms with Crippen LogP contribution in [0.5, 0.6) is 0 Å². The molecule has 1 fully saturated rings. The summed E-state index contributed by atoms with van der Waals surface area (Å²) in [6.45, 7) is 5.49. The molecule has 0 spiro atoms. The second-order valence-electron chi connectivity index (χ2n) is 6.88. The largest absolute Gasteiger partial charge is 0.368 e. The van der Waals surface area contributed by atoms with Crippen molar-refractivity contribution in [3.8, 4) is 0 Å². The average molecular weight is 285 g/mol. The summed E-state index contributed by atoms with van der Waals surface area (Å²) >= 11 is 0. The lowest BCUT2D eigenvalue weighted by molar-refractivity contribution is -0.125. The number of anilines is 1. The second-order valence-corrected chi connectivity index (χ2v) is 6.88. The molecule has 3 unspecified atom stereocenters. The second kappa shape index (κ2) is 6.21. The molecular weight excluding hydrogens is 258 g/mol. The summed E-state index contributed by atoms with van der Waals surface area (Å²) in [4.78, 5) is 14.8. The van der Waals surface area contributed by atoms with Crippen molar-refractivity contribution in [1.82, 2.24) is 0 Å². The fraction of sp³-hybridized carbons (Fsp3) is 0.632. The third-order valence-corrected chi connectivity index (χ3v) is 5.53. The lowest BCUT2D eigenvalue weighted by Gasteiger charge is -2.40. The molecule has 21 heavy (non-hydrogen) atoms. The van der Waals surface area contributed by atoms with E-state index in [1.807, 2.05) is 0 Å². The number of fused-ring (bicyclic) bond motifs is 1. The van der Waals surface area contributed by atoms with E-state index in [1.54, 1.807) is 0 Å². The van der Waals surface area contributed by atoms with Crippen molar-refractivity contribution in [2.24, 2.45) is 11.8 Å². The van der Waals surface area contributed by atoms with Crippen molar-refractivity contribution < 1.29 is 4.79 Å². The van der Waals surface area contributed by atoms with Crippen LogP contribution in [0.25, 0.3) is 0 Å². The van der Waals surface area contributed by atoms with E-state index in [-0.39, 0.29) is 5.92 Å². The van der Waals surface area contributed by atoms with Crippen LogP contribution in [0.2, 0.25) is 0 Å². The minimum Gasteiger partial charge on any atom is -0.368 e. The predicted octanol–water partition coefficient (Wildman–Crippen LogP) is 4.22. The lowest BCUT2D eigenvalue weighted by Crippen LogP contribution is -2.43. The van der Waals surface area contributed by atoms with Crippen molar-refractivity contribution in [2.45, 2.75) is 58.4 Å². The average Bonchev–Trinajstić information content (AvgIpc) is 2.52. The van der Waals surface area contributed by atoms with E-state index < -0.39 is 0 Å². The van der Waals surface area contributed by atoms with Gasteiger partial charge >= 0.3 is 0 Å². The number of Topliss-reactive ketones (excluding diaryl/α,β-unsaturated/α-hetero) is 1. The molecular formula is C19H27NO. The van der Waals surface area contributed by atoms with Gasteiger partial charge in [-0.2, -0.15) is 0 Å². The summed E-state index contributed by atoms with van der Waals surface area (Å²) in [5.41, 5.74) is 2.81. The molecule has 1 saturated carbocycles. The Morgan fingerprint density at radius 2 is 2.00 bits per heavy atom. The third kappa shape index (κ3) is 3.00. The lowest BCUT2D eigenvalue weighted by atomic mass is 9.78. The summed E-state index contributed by atoms with van der Waals surface area (Å²) in [6.07, 6.45) is 6.60. The number of aryl methyl sites for hydroxylation is 1. The van der Waals surface area contributed by atoms with Gasteiger partial charge < -0.3 is 4.90 Å². The van der Waals surface area contributed by atoms with E-state index >= 15 is 0 Å². The number of nitrogens with zero attached hydrogens (tertiary/aromatic N) is 1. The van der Waals surface area contributed by atoms with Crippen molar-refractivity contribution in [2.75, 3.05) is 11.4 Å². The maximum Gasteiger partial charge on any atom is 0.137 e. The molecule has 1 aromatic carbocycles. The van der Waals surface area contributed by atoms with Crippen LogP contribution in [0.4, 0.5) is 5.69 Å². The quantitative estimate of drug-likeness (QED) is 0.828. The smallest absolute Gasteiger partial charge is 0.137 e. The number of rotatable bonds is 3. The van der Waals surface area contributed by atoms with Gasteiger partial charge in [0.2, 0.25) is 0 Å². The first-order valence-corrected chi connectivity index (χ1v) is 8.56. The molecule has 0 bridgehead atoms. The Balaban J connectivity index is 1.78. The van der Waals surface area contributed by atoms with Crippen LogP contribution in [0.1, 0.15) is 51.5 Å². The minimum absolute atomic E-state index is 0.248. The number of benzene rings is 1. The highest BCUT2D eigenvalue weighted by atomic mass is 16.1. The first kappa shape index (κ1) is 14.6. The number of hydrogen-bond acceptors (Lipinski definition) is 2. The fourth-order valence-corrected chi connectivity index (χ4v) is 4.03. The van der Waals surface area contributed by atoms with Crippen LogP contribution in [-0.4, -0.2) is 18.4 Å². The van der Waals surface area contributed by atoms with Gasteiger partial charge in [-0.25, -0.2) is 0 Å². The topological polar surface area (TPSA) is 20.3 Å². The number of carbonyl (C=O) groups is 1. The van der Waals surface area contributed by atoms with Gasteiger partial charge in [0.1, 0.15) is 5.78 Å². The normalized spacial score (nSPS) is 29.3. The van der Waals surface area contributed by atoms with Gasteiger partial charge in [0.15, 0.2) is 0 Å². The van der Waals surface area contributed by atoms with E-state index in [0.29, 0.717) is 11.8 Å². The van der Waals surface area contributed by atoms with Crippen molar-refractivity contribution in [3.63, 3.8) is 0 Å². The van der Waals surface area contributed by atoms with Crippen LogP contribution in [0.15, 0.2) is 24.3 Å². The summed E-state index contributed by atoms with van der Waals surface area (Å²) < 4.78 is 0. The predicted molar refractivity (Wildman–Crippen MR) is 87.7 cm³/mol. The standard InChI is InChI=1S/C19H27NO/c1-3-15-9-11-19(21)17(12-15)13-20-14(2)8-10-16-6-4-5-7-18(16)20/h4-7,14-15,17H,3,8-13H2,1-2H3. The van der Waals surface area contributed by atoms with Gasteiger partial charge in [0.25, 0.3) is 0 Å². The van der Waals surface area contributed by atoms with Gasteiger partial charge in [0, 0.05) is 30.6 Å². The Morgan fingerprint density at radius 1 is 1.19 bits per heavy atom. The third-order valence-electron chi connectivity index (χ3n) is 5.53. The van der Waals surface area contributed by atoms with Crippen LogP contribution in [-0.2, 0) is 11.2 Å². The Bertz CT molecular complexity index is 510. The Kier molecular flexibility index (Phi) is 4.32. The summed E-state index contributed by atoms with van der Waals surface area (Å²) in [5.74, 6) is 1.50.